The van der Waals surface area contributed by atoms with Crippen LogP contribution in [0, 0.1) is 11.8 Å². The summed E-state index contributed by atoms with van der Waals surface area (Å²) >= 11 is 0. The zero-order valence-electron chi connectivity index (χ0n) is 12.3. The topological polar surface area (TPSA) is 47.3 Å². The van der Waals surface area contributed by atoms with Gasteiger partial charge in [-0.1, -0.05) is 19.9 Å². The molecule has 1 aliphatic rings. The molecule has 3 unspecified atom stereocenters. The predicted octanol–water partition coefficient (Wildman–Crippen LogP) is 3.26. The SMILES string of the molecule is COc1cccc(NC2(CN)CCC(C)C(C)C2)c1. The van der Waals surface area contributed by atoms with E-state index in [4.69, 9.17) is 10.5 Å². The lowest BCUT2D eigenvalue weighted by atomic mass is 9.71. The summed E-state index contributed by atoms with van der Waals surface area (Å²) < 4.78 is 5.28. The molecule has 106 valence electrons. The lowest BCUT2D eigenvalue weighted by Crippen LogP contribution is -2.50. The fourth-order valence-electron chi connectivity index (χ4n) is 3.07. The number of rotatable bonds is 4. The number of benzene rings is 1. The summed E-state index contributed by atoms with van der Waals surface area (Å²) in [6.07, 6.45) is 3.53. The third kappa shape index (κ3) is 3.21. The summed E-state index contributed by atoms with van der Waals surface area (Å²) in [5.74, 6) is 2.40. The van der Waals surface area contributed by atoms with E-state index in [9.17, 15) is 0 Å². The predicted molar refractivity (Wildman–Crippen MR) is 80.6 cm³/mol. The van der Waals surface area contributed by atoms with E-state index in [0.29, 0.717) is 6.54 Å². The van der Waals surface area contributed by atoms with Crippen molar-refractivity contribution in [2.45, 2.75) is 38.6 Å². The molecule has 0 bridgehead atoms. The van der Waals surface area contributed by atoms with Gasteiger partial charge in [-0.15, -0.1) is 0 Å². The largest absolute Gasteiger partial charge is 0.497 e. The fraction of sp³-hybridized carbons (Fsp3) is 0.625. The van der Waals surface area contributed by atoms with Crippen LogP contribution in [-0.2, 0) is 0 Å². The molecule has 0 radical (unpaired) electrons. The van der Waals surface area contributed by atoms with Crippen molar-refractivity contribution in [2.75, 3.05) is 19.0 Å². The Bertz CT molecular complexity index is 421. The Labute approximate surface area is 116 Å². The zero-order chi connectivity index (χ0) is 13.9. The van der Waals surface area contributed by atoms with Crippen molar-refractivity contribution in [1.82, 2.24) is 0 Å². The van der Waals surface area contributed by atoms with Crippen molar-refractivity contribution in [1.29, 1.82) is 0 Å². The Morgan fingerprint density at radius 3 is 2.79 bits per heavy atom. The summed E-state index contributed by atoms with van der Waals surface area (Å²) in [4.78, 5) is 0. The second-order valence-corrected chi connectivity index (χ2v) is 6.04. The smallest absolute Gasteiger partial charge is 0.120 e. The number of anilines is 1. The van der Waals surface area contributed by atoms with Crippen molar-refractivity contribution >= 4 is 5.69 Å². The first-order chi connectivity index (χ1) is 9.08. The summed E-state index contributed by atoms with van der Waals surface area (Å²) in [5.41, 5.74) is 7.21. The van der Waals surface area contributed by atoms with Crippen LogP contribution in [0.5, 0.6) is 5.75 Å². The molecule has 1 aromatic rings. The number of hydrogen-bond acceptors (Lipinski definition) is 3. The molecule has 1 aromatic carbocycles. The average Bonchev–Trinajstić information content (AvgIpc) is 2.43. The first kappa shape index (κ1) is 14.2. The van der Waals surface area contributed by atoms with Crippen molar-refractivity contribution in [2.24, 2.45) is 17.6 Å². The third-order valence-electron chi connectivity index (χ3n) is 4.63. The molecule has 1 saturated carbocycles. The standard InChI is InChI=1S/C16H26N2O/c1-12-7-8-16(11-17,10-13(12)2)18-14-5-4-6-15(9-14)19-3/h4-6,9,12-13,18H,7-8,10-11,17H2,1-3H3. The molecular formula is C16H26N2O. The molecule has 3 heteroatoms. The van der Waals surface area contributed by atoms with Crippen molar-refractivity contribution in [3.05, 3.63) is 24.3 Å². The van der Waals surface area contributed by atoms with E-state index in [1.165, 1.54) is 6.42 Å². The maximum Gasteiger partial charge on any atom is 0.120 e. The summed E-state index contributed by atoms with van der Waals surface area (Å²) in [6.45, 7) is 5.36. The van der Waals surface area contributed by atoms with E-state index in [1.54, 1.807) is 7.11 Å². The van der Waals surface area contributed by atoms with Gasteiger partial charge in [0.1, 0.15) is 5.75 Å². The van der Waals surface area contributed by atoms with Gasteiger partial charge in [-0.3, -0.25) is 0 Å². The maximum absolute atomic E-state index is 6.07. The van der Waals surface area contributed by atoms with Crippen LogP contribution in [0.4, 0.5) is 5.69 Å². The fourth-order valence-corrected chi connectivity index (χ4v) is 3.07. The molecule has 0 aliphatic heterocycles. The lowest BCUT2D eigenvalue weighted by molar-refractivity contribution is 0.196. The van der Waals surface area contributed by atoms with E-state index in [0.717, 1.165) is 36.1 Å². The Hall–Kier alpha value is -1.22. The maximum atomic E-state index is 6.07. The normalized spacial score (nSPS) is 30.9. The molecule has 1 fully saturated rings. The number of nitrogens with one attached hydrogen (secondary N) is 1. The molecular weight excluding hydrogens is 236 g/mol. The monoisotopic (exact) mass is 262 g/mol. The lowest BCUT2D eigenvalue weighted by Gasteiger charge is -2.43. The number of nitrogens with two attached hydrogens (primary N) is 1. The van der Waals surface area contributed by atoms with Gasteiger partial charge >= 0.3 is 0 Å². The van der Waals surface area contributed by atoms with Gasteiger partial charge in [-0.25, -0.2) is 0 Å². The minimum atomic E-state index is 0.0400. The van der Waals surface area contributed by atoms with Crippen LogP contribution in [0.15, 0.2) is 24.3 Å². The Morgan fingerprint density at radius 2 is 2.16 bits per heavy atom. The van der Waals surface area contributed by atoms with Crippen LogP contribution in [0.2, 0.25) is 0 Å². The third-order valence-corrected chi connectivity index (χ3v) is 4.63. The first-order valence-electron chi connectivity index (χ1n) is 7.21. The van der Waals surface area contributed by atoms with Gasteiger partial charge in [-0.2, -0.15) is 0 Å². The van der Waals surface area contributed by atoms with E-state index in [1.807, 2.05) is 18.2 Å². The first-order valence-corrected chi connectivity index (χ1v) is 7.21. The molecule has 3 atom stereocenters. The Balaban J connectivity index is 2.14. The minimum absolute atomic E-state index is 0.0400. The van der Waals surface area contributed by atoms with Crippen LogP contribution in [-0.4, -0.2) is 19.2 Å². The van der Waals surface area contributed by atoms with Gasteiger partial charge in [0, 0.05) is 23.8 Å². The minimum Gasteiger partial charge on any atom is -0.497 e. The highest BCUT2D eigenvalue weighted by Crippen LogP contribution is 2.38. The van der Waals surface area contributed by atoms with Crippen molar-refractivity contribution in [3.8, 4) is 5.75 Å². The second-order valence-electron chi connectivity index (χ2n) is 6.04. The van der Waals surface area contributed by atoms with Crippen LogP contribution < -0.4 is 15.8 Å². The molecule has 19 heavy (non-hydrogen) atoms. The molecule has 2 rings (SSSR count). The second kappa shape index (κ2) is 5.83. The molecule has 0 heterocycles. The van der Waals surface area contributed by atoms with Crippen LogP contribution >= 0.6 is 0 Å². The van der Waals surface area contributed by atoms with Gasteiger partial charge in [0.25, 0.3) is 0 Å². The number of ether oxygens (including phenoxy) is 1. The zero-order valence-corrected chi connectivity index (χ0v) is 12.3. The summed E-state index contributed by atoms with van der Waals surface area (Å²) in [7, 11) is 1.70. The Morgan fingerprint density at radius 1 is 1.37 bits per heavy atom. The van der Waals surface area contributed by atoms with Gasteiger partial charge in [0.15, 0.2) is 0 Å². The van der Waals surface area contributed by atoms with Crippen LogP contribution in [0.25, 0.3) is 0 Å². The van der Waals surface area contributed by atoms with Gasteiger partial charge < -0.3 is 15.8 Å². The molecule has 3 nitrogen and oxygen atoms in total. The molecule has 0 amide bonds. The van der Waals surface area contributed by atoms with Crippen LogP contribution in [0.3, 0.4) is 0 Å². The quantitative estimate of drug-likeness (QED) is 0.875. The Kier molecular flexibility index (Phi) is 4.35. The van der Waals surface area contributed by atoms with Gasteiger partial charge in [0.2, 0.25) is 0 Å². The van der Waals surface area contributed by atoms with E-state index in [-0.39, 0.29) is 5.54 Å². The number of methoxy groups -OCH3 is 1. The molecule has 1 aliphatic carbocycles. The highest BCUT2D eigenvalue weighted by molar-refractivity contribution is 5.50. The average molecular weight is 262 g/mol. The molecule has 0 aromatic heterocycles. The van der Waals surface area contributed by atoms with E-state index in [2.05, 4.69) is 25.2 Å². The van der Waals surface area contributed by atoms with Crippen molar-refractivity contribution in [3.63, 3.8) is 0 Å². The summed E-state index contributed by atoms with van der Waals surface area (Å²) in [6, 6.07) is 8.11. The molecule has 3 N–H and O–H groups in total. The van der Waals surface area contributed by atoms with Gasteiger partial charge in [-0.05, 0) is 43.2 Å². The molecule has 0 saturated heterocycles. The molecule has 0 spiro atoms. The highest BCUT2D eigenvalue weighted by atomic mass is 16.5. The van der Waals surface area contributed by atoms with E-state index >= 15 is 0 Å². The highest BCUT2D eigenvalue weighted by Gasteiger charge is 2.36. The van der Waals surface area contributed by atoms with Crippen LogP contribution in [0.1, 0.15) is 33.1 Å². The van der Waals surface area contributed by atoms with Gasteiger partial charge in [0.05, 0.1) is 7.11 Å². The summed E-state index contributed by atoms with van der Waals surface area (Å²) in [5, 5.41) is 3.66. The van der Waals surface area contributed by atoms with Crippen molar-refractivity contribution < 1.29 is 4.74 Å². The van der Waals surface area contributed by atoms with E-state index < -0.39 is 0 Å². The number of hydrogen-bond donors (Lipinski definition) is 2.